The molecule has 3 aromatic carbocycles. The van der Waals surface area contributed by atoms with E-state index in [0.29, 0.717) is 0 Å². The average molecular weight is 412 g/mol. The molecule has 0 aliphatic heterocycles. The van der Waals surface area contributed by atoms with E-state index < -0.39 is 0 Å². The quantitative estimate of drug-likeness (QED) is 0.384. The zero-order chi connectivity index (χ0) is 21.8. The Hall–Kier alpha value is -3.30. The molecule has 1 heterocycles. The Bertz CT molecular complexity index is 1100. The molecule has 0 bridgehead atoms. The van der Waals surface area contributed by atoms with Crippen LogP contribution in [0.2, 0.25) is 0 Å². The van der Waals surface area contributed by atoms with Crippen LogP contribution in [0.5, 0.6) is 0 Å². The van der Waals surface area contributed by atoms with Crippen molar-refractivity contribution >= 4 is 0 Å². The number of nitrogens with zero attached hydrogens (tertiary/aromatic N) is 1. The maximum absolute atomic E-state index is 13.6. The van der Waals surface area contributed by atoms with Crippen molar-refractivity contribution < 1.29 is 9.50 Å². The minimum absolute atomic E-state index is 0.0492. The predicted molar refractivity (Wildman–Crippen MR) is 123 cm³/mol. The van der Waals surface area contributed by atoms with Crippen LogP contribution < -0.4 is 0 Å². The molecule has 2 nitrogen and oxygen atoms in total. The number of aliphatic hydroxyl groups is 1. The predicted octanol–water partition coefficient (Wildman–Crippen LogP) is 6.68. The van der Waals surface area contributed by atoms with Crippen molar-refractivity contribution in [1.82, 2.24) is 4.98 Å². The number of rotatable bonds is 6. The number of hydrogen-bond donors (Lipinski definition) is 1. The van der Waals surface area contributed by atoms with Gasteiger partial charge in [-0.2, -0.15) is 0 Å². The van der Waals surface area contributed by atoms with Crippen LogP contribution in [0.25, 0.3) is 11.1 Å². The number of halogens is 1. The first-order valence-electron chi connectivity index (χ1n) is 10.6. The topological polar surface area (TPSA) is 33.1 Å². The standard InChI is InChI=1S/C28H26FNO/c1-19(2)28-25(18-31)24(20-13-15-23(29)16-14-20)17-26(30-28)27(21-9-5-3-6-10-21)22-11-7-4-8-12-22/h3-17,19,27,31H,18H2,1-2H3. The Labute approximate surface area is 183 Å². The normalized spacial score (nSPS) is 11.3. The summed E-state index contributed by atoms with van der Waals surface area (Å²) in [6.45, 7) is 4.05. The molecule has 0 aliphatic rings. The minimum atomic E-state index is -0.279. The van der Waals surface area contributed by atoms with Crippen molar-refractivity contribution in [2.75, 3.05) is 0 Å². The van der Waals surface area contributed by atoms with Gasteiger partial charge >= 0.3 is 0 Å². The average Bonchev–Trinajstić information content (AvgIpc) is 2.80. The van der Waals surface area contributed by atoms with Crippen molar-refractivity contribution in [2.24, 2.45) is 0 Å². The molecular weight excluding hydrogens is 385 g/mol. The smallest absolute Gasteiger partial charge is 0.123 e. The fraction of sp³-hybridized carbons (Fsp3) is 0.179. The summed E-state index contributed by atoms with van der Waals surface area (Å²) in [5.41, 5.74) is 6.65. The first-order chi connectivity index (χ1) is 15.1. The zero-order valence-electron chi connectivity index (χ0n) is 17.8. The minimum Gasteiger partial charge on any atom is -0.392 e. The van der Waals surface area contributed by atoms with Crippen LogP contribution in [-0.2, 0) is 6.61 Å². The van der Waals surface area contributed by atoms with E-state index >= 15 is 0 Å². The summed E-state index contributed by atoms with van der Waals surface area (Å²) >= 11 is 0. The molecule has 1 aromatic heterocycles. The van der Waals surface area contributed by atoms with Crippen molar-refractivity contribution in [2.45, 2.75) is 32.3 Å². The number of aliphatic hydroxyl groups excluding tert-OH is 1. The van der Waals surface area contributed by atoms with Crippen LogP contribution in [0, 0.1) is 5.82 Å². The largest absolute Gasteiger partial charge is 0.392 e. The molecule has 31 heavy (non-hydrogen) atoms. The zero-order valence-corrected chi connectivity index (χ0v) is 17.8. The highest BCUT2D eigenvalue weighted by molar-refractivity contribution is 5.69. The van der Waals surface area contributed by atoms with Crippen molar-refractivity contribution in [1.29, 1.82) is 0 Å². The van der Waals surface area contributed by atoms with Crippen LogP contribution in [-0.4, -0.2) is 10.1 Å². The van der Waals surface area contributed by atoms with Gasteiger partial charge in [-0.05, 0) is 46.4 Å². The third-order valence-corrected chi connectivity index (χ3v) is 5.60. The van der Waals surface area contributed by atoms with Crippen molar-refractivity contribution in [3.8, 4) is 11.1 Å². The molecule has 0 saturated carbocycles. The summed E-state index contributed by atoms with van der Waals surface area (Å²) in [7, 11) is 0. The lowest BCUT2D eigenvalue weighted by molar-refractivity contribution is 0.280. The van der Waals surface area contributed by atoms with Gasteiger partial charge in [-0.25, -0.2) is 4.39 Å². The highest BCUT2D eigenvalue weighted by Gasteiger charge is 2.23. The fourth-order valence-electron chi connectivity index (χ4n) is 4.12. The Balaban J connectivity index is 1.98. The Morgan fingerprint density at radius 1 is 0.806 bits per heavy atom. The molecule has 0 radical (unpaired) electrons. The first-order valence-corrected chi connectivity index (χ1v) is 10.6. The van der Waals surface area contributed by atoms with E-state index in [2.05, 4.69) is 44.2 Å². The van der Waals surface area contributed by atoms with Crippen molar-refractivity contribution in [3.05, 3.63) is 125 Å². The van der Waals surface area contributed by atoms with Crippen LogP contribution in [0.1, 0.15) is 53.8 Å². The molecule has 0 spiro atoms. The highest BCUT2D eigenvalue weighted by atomic mass is 19.1. The Morgan fingerprint density at radius 3 is 1.84 bits per heavy atom. The van der Waals surface area contributed by atoms with Gasteiger partial charge in [0.25, 0.3) is 0 Å². The monoisotopic (exact) mass is 411 g/mol. The third-order valence-electron chi connectivity index (χ3n) is 5.60. The van der Waals surface area contributed by atoms with Crippen LogP contribution >= 0.6 is 0 Å². The van der Waals surface area contributed by atoms with E-state index in [1.165, 1.54) is 12.1 Å². The SMILES string of the molecule is CC(C)c1nc(C(c2ccccc2)c2ccccc2)cc(-c2ccc(F)cc2)c1CO. The van der Waals surface area contributed by atoms with Crippen LogP contribution in [0.15, 0.2) is 91.0 Å². The van der Waals surface area contributed by atoms with Crippen LogP contribution in [0.3, 0.4) is 0 Å². The van der Waals surface area contributed by atoms with Gasteiger partial charge in [0.2, 0.25) is 0 Å². The van der Waals surface area contributed by atoms with Gasteiger partial charge in [-0.15, -0.1) is 0 Å². The van der Waals surface area contributed by atoms with Gasteiger partial charge < -0.3 is 5.11 Å². The molecule has 0 fully saturated rings. The van der Waals surface area contributed by atoms with Gasteiger partial charge in [-0.3, -0.25) is 4.98 Å². The van der Waals surface area contributed by atoms with E-state index in [0.717, 1.165) is 39.2 Å². The molecule has 4 rings (SSSR count). The second-order valence-corrected chi connectivity index (χ2v) is 8.03. The highest BCUT2D eigenvalue weighted by Crippen LogP contribution is 2.37. The maximum Gasteiger partial charge on any atom is 0.123 e. The van der Waals surface area contributed by atoms with E-state index in [4.69, 9.17) is 4.98 Å². The summed E-state index contributed by atoms with van der Waals surface area (Å²) in [6, 6.07) is 29.1. The number of benzene rings is 3. The second-order valence-electron chi connectivity index (χ2n) is 8.03. The summed E-state index contributed by atoms with van der Waals surface area (Å²) in [4.78, 5) is 5.07. The third kappa shape index (κ3) is 4.42. The van der Waals surface area contributed by atoms with E-state index in [1.807, 2.05) is 36.4 Å². The molecule has 0 aliphatic carbocycles. The lowest BCUT2D eigenvalue weighted by atomic mass is 9.85. The van der Waals surface area contributed by atoms with E-state index in [1.54, 1.807) is 12.1 Å². The number of aromatic nitrogens is 1. The lowest BCUT2D eigenvalue weighted by Gasteiger charge is -2.23. The van der Waals surface area contributed by atoms with Crippen LogP contribution in [0.4, 0.5) is 4.39 Å². The van der Waals surface area contributed by atoms with E-state index in [9.17, 15) is 9.50 Å². The molecule has 1 N–H and O–H groups in total. The molecule has 3 heteroatoms. The maximum atomic E-state index is 13.6. The summed E-state index contributed by atoms with van der Waals surface area (Å²) in [6.07, 6.45) is 0. The summed E-state index contributed by atoms with van der Waals surface area (Å²) < 4.78 is 13.6. The van der Waals surface area contributed by atoms with E-state index in [-0.39, 0.29) is 24.3 Å². The molecular formula is C28H26FNO. The Morgan fingerprint density at radius 2 is 1.35 bits per heavy atom. The van der Waals surface area contributed by atoms with Gasteiger partial charge in [0.15, 0.2) is 0 Å². The Kier molecular flexibility index (Phi) is 6.24. The number of hydrogen-bond acceptors (Lipinski definition) is 2. The second kappa shape index (κ2) is 9.23. The van der Waals surface area contributed by atoms with Crippen molar-refractivity contribution in [3.63, 3.8) is 0 Å². The molecule has 0 saturated heterocycles. The van der Waals surface area contributed by atoms with Gasteiger partial charge in [0, 0.05) is 11.3 Å². The van der Waals surface area contributed by atoms with Gasteiger partial charge in [0.1, 0.15) is 5.82 Å². The lowest BCUT2D eigenvalue weighted by Crippen LogP contribution is -2.11. The summed E-state index contributed by atoms with van der Waals surface area (Å²) in [5.74, 6) is -0.195. The number of pyridine rings is 1. The van der Waals surface area contributed by atoms with Gasteiger partial charge in [0.05, 0.1) is 18.2 Å². The fourth-order valence-corrected chi connectivity index (χ4v) is 4.12. The molecule has 156 valence electrons. The summed E-state index contributed by atoms with van der Waals surface area (Å²) in [5, 5.41) is 10.2. The van der Waals surface area contributed by atoms with Gasteiger partial charge in [-0.1, -0.05) is 86.6 Å². The first kappa shape index (κ1) is 21.0. The molecule has 0 unspecified atom stereocenters. The molecule has 0 amide bonds. The molecule has 4 aromatic rings. The molecule has 0 atom stereocenters.